The molecule has 1 aromatic rings. The Kier molecular flexibility index (Phi) is 3.08. The van der Waals surface area contributed by atoms with Crippen LogP contribution >= 0.6 is 0 Å². The molecule has 0 amide bonds. The highest BCUT2D eigenvalue weighted by atomic mass is 16.7. The standard InChI is InChI=1S/C14H16N2O4/c1-19-11-6-4-10(5-7-11)12-13(16(17)18)14(20-15-12)8-2-3-9-14/h4-7,13H,2-3,8-9H2,1H3. The number of ether oxygens (including phenoxy) is 1. The summed E-state index contributed by atoms with van der Waals surface area (Å²) in [5.74, 6) is 0.710. The molecule has 1 aliphatic carbocycles. The average molecular weight is 276 g/mol. The highest BCUT2D eigenvalue weighted by Crippen LogP contribution is 2.42. The summed E-state index contributed by atoms with van der Waals surface area (Å²) in [6, 6.07) is 6.23. The maximum absolute atomic E-state index is 11.5. The third-order valence-corrected chi connectivity index (χ3v) is 4.13. The van der Waals surface area contributed by atoms with E-state index < -0.39 is 11.6 Å². The highest BCUT2D eigenvalue weighted by molar-refractivity contribution is 6.05. The van der Waals surface area contributed by atoms with Crippen molar-refractivity contribution in [1.82, 2.24) is 0 Å². The van der Waals surface area contributed by atoms with E-state index in [4.69, 9.17) is 9.57 Å². The number of oxime groups is 1. The van der Waals surface area contributed by atoms with E-state index in [2.05, 4.69) is 5.16 Å². The molecular formula is C14H16N2O4. The lowest BCUT2D eigenvalue weighted by Gasteiger charge is -2.22. The van der Waals surface area contributed by atoms with E-state index >= 15 is 0 Å². The second-order valence-electron chi connectivity index (χ2n) is 5.26. The third kappa shape index (κ3) is 1.92. The van der Waals surface area contributed by atoms with Gasteiger partial charge >= 0.3 is 0 Å². The normalized spacial score (nSPS) is 23.4. The van der Waals surface area contributed by atoms with Gasteiger partial charge in [0.2, 0.25) is 5.60 Å². The topological polar surface area (TPSA) is 74.0 Å². The van der Waals surface area contributed by atoms with Crippen molar-refractivity contribution in [1.29, 1.82) is 0 Å². The zero-order chi connectivity index (χ0) is 14.2. The quantitative estimate of drug-likeness (QED) is 0.627. The van der Waals surface area contributed by atoms with Gasteiger partial charge in [-0.1, -0.05) is 5.16 Å². The van der Waals surface area contributed by atoms with Crippen molar-refractivity contribution in [2.75, 3.05) is 7.11 Å². The van der Waals surface area contributed by atoms with E-state index in [-0.39, 0.29) is 4.92 Å². The Labute approximate surface area is 116 Å². The molecule has 0 saturated heterocycles. The smallest absolute Gasteiger partial charge is 0.299 e. The Morgan fingerprint density at radius 3 is 2.55 bits per heavy atom. The molecule has 1 saturated carbocycles. The fourth-order valence-corrected chi connectivity index (χ4v) is 3.09. The predicted molar refractivity (Wildman–Crippen MR) is 72.6 cm³/mol. The van der Waals surface area contributed by atoms with Crippen molar-refractivity contribution in [3.63, 3.8) is 0 Å². The monoisotopic (exact) mass is 276 g/mol. The Bertz CT molecular complexity index is 547. The average Bonchev–Trinajstić information content (AvgIpc) is 3.07. The molecule has 1 aromatic carbocycles. The van der Waals surface area contributed by atoms with Gasteiger partial charge in [0.25, 0.3) is 6.04 Å². The molecule has 1 atom stereocenters. The largest absolute Gasteiger partial charge is 0.497 e. The van der Waals surface area contributed by atoms with Crippen LogP contribution in [0.3, 0.4) is 0 Å². The SMILES string of the molecule is COc1ccc(C2=NOC3(CCCC3)C2[N+](=O)[O-])cc1. The molecule has 6 nitrogen and oxygen atoms in total. The first-order valence-corrected chi connectivity index (χ1v) is 6.70. The molecule has 1 fully saturated rings. The summed E-state index contributed by atoms with van der Waals surface area (Å²) in [4.78, 5) is 16.7. The number of nitrogens with zero attached hydrogens (tertiary/aromatic N) is 2. The minimum Gasteiger partial charge on any atom is -0.497 e. The van der Waals surface area contributed by atoms with Crippen molar-refractivity contribution in [3.8, 4) is 5.75 Å². The van der Waals surface area contributed by atoms with E-state index in [0.29, 0.717) is 24.3 Å². The Balaban J connectivity index is 1.94. The van der Waals surface area contributed by atoms with Gasteiger partial charge in [-0.2, -0.15) is 0 Å². The van der Waals surface area contributed by atoms with Crippen LogP contribution in [0.25, 0.3) is 0 Å². The first-order chi connectivity index (χ1) is 9.66. The zero-order valence-electron chi connectivity index (χ0n) is 11.2. The zero-order valence-corrected chi connectivity index (χ0v) is 11.2. The van der Waals surface area contributed by atoms with E-state index in [1.807, 2.05) is 0 Å². The molecule has 0 bridgehead atoms. The van der Waals surface area contributed by atoms with Gasteiger partial charge in [-0.3, -0.25) is 10.1 Å². The number of rotatable bonds is 3. The Morgan fingerprint density at radius 2 is 2.00 bits per heavy atom. The Hall–Kier alpha value is -2.11. The summed E-state index contributed by atoms with van der Waals surface area (Å²) in [6.07, 6.45) is 3.30. The molecule has 0 N–H and O–H groups in total. The minimum absolute atomic E-state index is 0.263. The van der Waals surface area contributed by atoms with Crippen LogP contribution in [0.1, 0.15) is 31.2 Å². The van der Waals surface area contributed by atoms with Crippen LogP contribution < -0.4 is 4.74 Å². The number of benzene rings is 1. The summed E-state index contributed by atoms with van der Waals surface area (Å²) in [7, 11) is 1.58. The maximum atomic E-state index is 11.5. The number of nitro groups is 1. The van der Waals surface area contributed by atoms with Crippen molar-refractivity contribution in [2.45, 2.75) is 37.3 Å². The van der Waals surface area contributed by atoms with Crippen LogP contribution in [0.2, 0.25) is 0 Å². The second kappa shape index (κ2) is 4.77. The van der Waals surface area contributed by atoms with Gasteiger partial charge < -0.3 is 9.57 Å². The van der Waals surface area contributed by atoms with E-state index in [1.54, 1.807) is 31.4 Å². The third-order valence-electron chi connectivity index (χ3n) is 4.13. The molecule has 1 unspecified atom stereocenters. The van der Waals surface area contributed by atoms with Crippen LogP contribution in [0.15, 0.2) is 29.4 Å². The van der Waals surface area contributed by atoms with Gasteiger partial charge in [-0.05, 0) is 49.9 Å². The van der Waals surface area contributed by atoms with E-state index in [9.17, 15) is 10.1 Å². The molecule has 1 spiro atoms. The summed E-state index contributed by atoms with van der Waals surface area (Å²) >= 11 is 0. The van der Waals surface area contributed by atoms with E-state index in [0.717, 1.165) is 18.4 Å². The molecule has 1 heterocycles. The van der Waals surface area contributed by atoms with Gasteiger partial charge in [0, 0.05) is 10.5 Å². The molecule has 3 rings (SSSR count). The van der Waals surface area contributed by atoms with Crippen LogP contribution in [-0.2, 0) is 4.84 Å². The number of hydrogen-bond donors (Lipinski definition) is 0. The molecule has 106 valence electrons. The summed E-state index contributed by atoms with van der Waals surface area (Å²) in [5, 5.41) is 15.5. The lowest BCUT2D eigenvalue weighted by molar-refractivity contribution is -0.521. The fourth-order valence-electron chi connectivity index (χ4n) is 3.09. The van der Waals surface area contributed by atoms with Crippen LogP contribution in [-0.4, -0.2) is 29.4 Å². The fraction of sp³-hybridized carbons (Fsp3) is 0.500. The van der Waals surface area contributed by atoms with Crippen LogP contribution in [0, 0.1) is 10.1 Å². The molecule has 6 heteroatoms. The Morgan fingerprint density at radius 1 is 1.35 bits per heavy atom. The lowest BCUT2D eigenvalue weighted by atomic mass is 9.87. The van der Waals surface area contributed by atoms with Crippen molar-refractivity contribution in [2.24, 2.45) is 5.16 Å². The van der Waals surface area contributed by atoms with Crippen molar-refractivity contribution in [3.05, 3.63) is 39.9 Å². The molecule has 0 aromatic heterocycles. The second-order valence-corrected chi connectivity index (χ2v) is 5.26. The first kappa shape index (κ1) is 12.9. The maximum Gasteiger partial charge on any atom is 0.299 e. The first-order valence-electron chi connectivity index (χ1n) is 6.70. The summed E-state index contributed by atoms with van der Waals surface area (Å²) in [6.45, 7) is 0. The van der Waals surface area contributed by atoms with Crippen molar-refractivity contribution < 1.29 is 14.5 Å². The van der Waals surface area contributed by atoms with Gasteiger partial charge in [0.1, 0.15) is 5.75 Å². The molecular weight excluding hydrogens is 260 g/mol. The van der Waals surface area contributed by atoms with Gasteiger partial charge in [-0.25, -0.2) is 0 Å². The molecule has 0 radical (unpaired) electrons. The van der Waals surface area contributed by atoms with Crippen molar-refractivity contribution >= 4 is 5.71 Å². The van der Waals surface area contributed by atoms with Gasteiger partial charge in [0.15, 0.2) is 5.71 Å². The molecule has 1 aliphatic heterocycles. The number of hydrogen-bond acceptors (Lipinski definition) is 5. The lowest BCUT2D eigenvalue weighted by Crippen LogP contribution is -2.46. The van der Waals surface area contributed by atoms with E-state index in [1.165, 1.54) is 0 Å². The van der Waals surface area contributed by atoms with Crippen LogP contribution in [0.4, 0.5) is 0 Å². The van der Waals surface area contributed by atoms with Gasteiger partial charge in [0.05, 0.1) is 7.11 Å². The minimum atomic E-state index is -0.876. The predicted octanol–water partition coefficient (Wildman–Crippen LogP) is 2.39. The summed E-state index contributed by atoms with van der Waals surface area (Å²) < 4.78 is 5.09. The molecule has 2 aliphatic rings. The molecule has 20 heavy (non-hydrogen) atoms. The number of methoxy groups -OCH3 is 1. The van der Waals surface area contributed by atoms with Crippen LogP contribution in [0.5, 0.6) is 5.75 Å². The highest BCUT2D eigenvalue weighted by Gasteiger charge is 2.58. The van der Waals surface area contributed by atoms with Gasteiger partial charge in [-0.15, -0.1) is 0 Å². The summed E-state index contributed by atoms with van der Waals surface area (Å²) in [5.41, 5.74) is 0.398.